The third-order valence-electron chi connectivity index (χ3n) is 3.18. The van der Waals surface area contributed by atoms with Crippen molar-refractivity contribution in [3.8, 4) is 5.75 Å². The number of benzene rings is 2. The first-order chi connectivity index (χ1) is 11.3. The van der Waals surface area contributed by atoms with E-state index in [9.17, 15) is 13.2 Å². The van der Waals surface area contributed by atoms with Crippen LogP contribution in [0.3, 0.4) is 0 Å². The molecule has 1 amide bonds. The molecule has 0 spiro atoms. The Morgan fingerprint density at radius 1 is 1.17 bits per heavy atom. The second-order valence-electron chi connectivity index (χ2n) is 5.25. The molecule has 7 heteroatoms. The second kappa shape index (κ2) is 8.30. The van der Waals surface area contributed by atoms with Gasteiger partial charge >= 0.3 is 0 Å². The van der Waals surface area contributed by atoms with E-state index in [0.717, 1.165) is 16.5 Å². The zero-order valence-electron chi connectivity index (χ0n) is 13.2. The van der Waals surface area contributed by atoms with Crippen molar-refractivity contribution < 1.29 is 17.9 Å². The lowest BCUT2D eigenvalue weighted by atomic mass is 10.2. The Balaban J connectivity index is 1.75. The third kappa shape index (κ3) is 5.98. The van der Waals surface area contributed by atoms with E-state index >= 15 is 0 Å². The number of sulfone groups is 1. The van der Waals surface area contributed by atoms with Gasteiger partial charge in [-0.2, -0.15) is 0 Å². The molecule has 0 unspecified atom stereocenters. The fourth-order valence-corrected chi connectivity index (χ4v) is 3.00. The summed E-state index contributed by atoms with van der Waals surface area (Å²) in [5.74, 6) is 0.612. The fourth-order valence-electron chi connectivity index (χ4n) is 1.99. The van der Waals surface area contributed by atoms with E-state index in [1.54, 1.807) is 12.1 Å². The van der Waals surface area contributed by atoms with Crippen molar-refractivity contribution >= 4 is 37.4 Å². The van der Waals surface area contributed by atoms with Gasteiger partial charge in [0.25, 0.3) is 0 Å². The molecule has 1 N–H and O–H groups in total. The third-order valence-corrected chi connectivity index (χ3v) is 4.80. The van der Waals surface area contributed by atoms with Crippen LogP contribution in [0.5, 0.6) is 5.75 Å². The fraction of sp³-hybridized carbons (Fsp3) is 0.235. The standard InChI is InChI=1S/C17H18BrNO4S/c1-24(21,22)16-9-7-14(8-10-16)19-17(20)6-3-11-23-15-5-2-4-13(18)12-15/h2,4-5,7-10,12H,3,6,11H2,1H3,(H,19,20). The Kier molecular flexibility index (Phi) is 6.39. The highest BCUT2D eigenvalue weighted by Gasteiger charge is 2.07. The maximum absolute atomic E-state index is 11.9. The van der Waals surface area contributed by atoms with E-state index in [-0.39, 0.29) is 10.8 Å². The van der Waals surface area contributed by atoms with E-state index in [0.29, 0.717) is 25.1 Å². The number of ether oxygens (including phenoxy) is 1. The van der Waals surface area contributed by atoms with Gasteiger partial charge in [0.15, 0.2) is 9.84 Å². The molecule has 5 nitrogen and oxygen atoms in total. The van der Waals surface area contributed by atoms with Gasteiger partial charge in [0.2, 0.25) is 5.91 Å². The summed E-state index contributed by atoms with van der Waals surface area (Å²) in [5.41, 5.74) is 0.570. The number of rotatable bonds is 7. The zero-order valence-corrected chi connectivity index (χ0v) is 15.6. The number of amides is 1. The van der Waals surface area contributed by atoms with Gasteiger partial charge in [-0.3, -0.25) is 4.79 Å². The SMILES string of the molecule is CS(=O)(=O)c1ccc(NC(=O)CCCOc2cccc(Br)c2)cc1. The summed E-state index contributed by atoms with van der Waals surface area (Å²) in [6.45, 7) is 0.441. The second-order valence-corrected chi connectivity index (χ2v) is 8.19. The number of carbonyl (C=O) groups excluding carboxylic acids is 1. The highest BCUT2D eigenvalue weighted by molar-refractivity contribution is 9.10. The Hall–Kier alpha value is -1.86. The minimum Gasteiger partial charge on any atom is -0.494 e. The van der Waals surface area contributed by atoms with Crippen molar-refractivity contribution in [2.24, 2.45) is 0 Å². The van der Waals surface area contributed by atoms with Crippen LogP contribution in [0.15, 0.2) is 57.9 Å². The molecular weight excluding hydrogens is 394 g/mol. The Bertz CT molecular complexity index is 804. The monoisotopic (exact) mass is 411 g/mol. The average molecular weight is 412 g/mol. The summed E-state index contributed by atoms with van der Waals surface area (Å²) in [4.78, 5) is 12.1. The molecule has 24 heavy (non-hydrogen) atoms. The normalized spacial score (nSPS) is 11.1. The molecule has 128 valence electrons. The van der Waals surface area contributed by atoms with Gasteiger partial charge < -0.3 is 10.1 Å². The summed E-state index contributed by atoms with van der Waals surface area (Å²) in [7, 11) is -3.23. The van der Waals surface area contributed by atoms with Crippen LogP contribution in [0.25, 0.3) is 0 Å². The lowest BCUT2D eigenvalue weighted by Gasteiger charge is -2.08. The molecule has 0 heterocycles. The van der Waals surface area contributed by atoms with Crippen LogP contribution in [0.4, 0.5) is 5.69 Å². The van der Waals surface area contributed by atoms with Gasteiger partial charge in [-0.05, 0) is 48.9 Å². The number of hydrogen-bond acceptors (Lipinski definition) is 4. The van der Waals surface area contributed by atoms with Crippen LogP contribution < -0.4 is 10.1 Å². The van der Waals surface area contributed by atoms with Gasteiger partial charge in [0.05, 0.1) is 11.5 Å². The van der Waals surface area contributed by atoms with Crippen molar-refractivity contribution in [1.29, 1.82) is 0 Å². The van der Waals surface area contributed by atoms with E-state index in [2.05, 4.69) is 21.2 Å². The summed E-state index contributed by atoms with van der Waals surface area (Å²) in [6.07, 6.45) is 2.05. The van der Waals surface area contributed by atoms with Gasteiger partial charge in [0.1, 0.15) is 5.75 Å². The van der Waals surface area contributed by atoms with Gasteiger partial charge in [0, 0.05) is 22.8 Å². The summed E-state index contributed by atoms with van der Waals surface area (Å²) < 4.78 is 29.3. The number of halogens is 1. The smallest absolute Gasteiger partial charge is 0.224 e. The van der Waals surface area contributed by atoms with Crippen LogP contribution >= 0.6 is 15.9 Å². The van der Waals surface area contributed by atoms with E-state index < -0.39 is 9.84 Å². The predicted octanol–water partition coefficient (Wildman–Crippen LogP) is 3.65. The number of hydrogen-bond donors (Lipinski definition) is 1. The van der Waals surface area contributed by atoms with Gasteiger partial charge in [-0.1, -0.05) is 22.0 Å². The molecule has 0 aliphatic heterocycles. The van der Waals surface area contributed by atoms with Crippen LogP contribution in [0, 0.1) is 0 Å². The summed E-state index contributed by atoms with van der Waals surface area (Å²) in [5, 5.41) is 2.73. The Morgan fingerprint density at radius 3 is 2.50 bits per heavy atom. The number of carbonyl (C=O) groups is 1. The first-order valence-electron chi connectivity index (χ1n) is 7.33. The Morgan fingerprint density at radius 2 is 1.88 bits per heavy atom. The highest BCUT2D eigenvalue weighted by Crippen LogP contribution is 2.18. The van der Waals surface area contributed by atoms with Crippen LogP contribution in [-0.4, -0.2) is 27.2 Å². The van der Waals surface area contributed by atoms with Crippen molar-refractivity contribution in [1.82, 2.24) is 0 Å². The first kappa shape index (κ1) is 18.5. The molecule has 2 aromatic carbocycles. The number of anilines is 1. The van der Waals surface area contributed by atoms with E-state index in [1.165, 1.54) is 12.1 Å². The van der Waals surface area contributed by atoms with Crippen molar-refractivity contribution in [2.75, 3.05) is 18.2 Å². The Labute approximate surface area is 150 Å². The predicted molar refractivity (Wildman–Crippen MR) is 97.1 cm³/mol. The maximum Gasteiger partial charge on any atom is 0.224 e. The molecular formula is C17H18BrNO4S. The minimum absolute atomic E-state index is 0.139. The van der Waals surface area contributed by atoms with Crippen LogP contribution in [0.2, 0.25) is 0 Å². The quantitative estimate of drug-likeness (QED) is 0.705. The molecule has 0 aromatic heterocycles. The minimum atomic E-state index is -3.23. The van der Waals surface area contributed by atoms with Crippen molar-refractivity contribution in [3.63, 3.8) is 0 Å². The topological polar surface area (TPSA) is 72.5 Å². The highest BCUT2D eigenvalue weighted by atomic mass is 79.9. The molecule has 0 bridgehead atoms. The molecule has 2 rings (SSSR count). The van der Waals surface area contributed by atoms with Gasteiger partial charge in [-0.25, -0.2) is 8.42 Å². The molecule has 0 atom stereocenters. The van der Waals surface area contributed by atoms with E-state index in [1.807, 2.05) is 24.3 Å². The van der Waals surface area contributed by atoms with Crippen LogP contribution in [-0.2, 0) is 14.6 Å². The number of nitrogens with one attached hydrogen (secondary N) is 1. The lowest BCUT2D eigenvalue weighted by Crippen LogP contribution is -2.13. The molecule has 2 aromatic rings. The van der Waals surface area contributed by atoms with E-state index in [4.69, 9.17) is 4.74 Å². The lowest BCUT2D eigenvalue weighted by molar-refractivity contribution is -0.116. The molecule has 0 fully saturated rings. The molecule has 0 radical (unpaired) electrons. The van der Waals surface area contributed by atoms with Crippen molar-refractivity contribution in [2.45, 2.75) is 17.7 Å². The average Bonchev–Trinajstić information content (AvgIpc) is 2.51. The van der Waals surface area contributed by atoms with Crippen LogP contribution in [0.1, 0.15) is 12.8 Å². The maximum atomic E-state index is 11.9. The largest absolute Gasteiger partial charge is 0.494 e. The first-order valence-corrected chi connectivity index (χ1v) is 10.0. The van der Waals surface area contributed by atoms with Gasteiger partial charge in [-0.15, -0.1) is 0 Å². The summed E-state index contributed by atoms with van der Waals surface area (Å²) >= 11 is 3.37. The summed E-state index contributed by atoms with van der Waals surface area (Å²) in [6, 6.07) is 13.6. The molecule has 0 saturated heterocycles. The molecule has 0 aliphatic carbocycles. The van der Waals surface area contributed by atoms with Crippen molar-refractivity contribution in [3.05, 3.63) is 53.0 Å². The molecule has 0 saturated carbocycles. The molecule has 0 aliphatic rings. The zero-order chi connectivity index (χ0) is 17.6.